The number of carbonyl (C=O) groups excluding carboxylic acids is 2. The Hall–Kier alpha value is -1.36. The van der Waals surface area contributed by atoms with Crippen LogP contribution in [0.25, 0.3) is 0 Å². The Balaban J connectivity index is 1.86. The molecule has 1 aliphatic heterocycles. The average Bonchev–Trinajstić information content (AvgIpc) is 2.75. The fraction of sp³-hybridized carbons (Fsp3) is 0.667. The quantitative estimate of drug-likeness (QED) is 0.630. The van der Waals surface area contributed by atoms with E-state index in [0.717, 1.165) is 0 Å². The van der Waals surface area contributed by atoms with Crippen molar-refractivity contribution in [1.82, 2.24) is 9.80 Å². The Bertz CT molecular complexity index is 346. The van der Waals surface area contributed by atoms with Gasteiger partial charge in [-0.1, -0.05) is 12.2 Å². The Kier molecular flexibility index (Phi) is 3.47. The van der Waals surface area contributed by atoms with Crippen LogP contribution in [0.2, 0.25) is 0 Å². The topological polar surface area (TPSA) is 66.6 Å². The lowest BCUT2D eigenvalue weighted by atomic mass is 10.1. The first kappa shape index (κ1) is 12.1. The molecule has 0 bridgehead atoms. The monoisotopic (exact) mass is 237 g/mol. The van der Waals surface area contributed by atoms with Gasteiger partial charge in [-0.2, -0.15) is 0 Å². The average molecular weight is 237 g/mol. The molecule has 0 aromatic heterocycles. The zero-order valence-electron chi connectivity index (χ0n) is 10.1. The molecule has 0 spiro atoms. The number of nitrogens with zero attached hydrogens (tertiary/aromatic N) is 2. The number of hydrogen-bond donors (Lipinski definition) is 1. The summed E-state index contributed by atoms with van der Waals surface area (Å²) < 4.78 is 0. The number of amides is 2. The van der Waals surface area contributed by atoms with Crippen LogP contribution in [0.3, 0.4) is 0 Å². The van der Waals surface area contributed by atoms with Gasteiger partial charge in [-0.25, -0.2) is 0 Å². The number of hydrogen-bond acceptors (Lipinski definition) is 3. The smallest absolute Gasteiger partial charge is 0.229 e. The molecule has 1 aliphatic carbocycles. The van der Waals surface area contributed by atoms with E-state index < -0.39 is 0 Å². The van der Waals surface area contributed by atoms with Crippen molar-refractivity contribution in [1.29, 1.82) is 0 Å². The molecular weight excluding hydrogens is 218 g/mol. The molecular formula is C12H19N3O2. The number of piperazine rings is 1. The van der Waals surface area contributed by atoms with Gasteiger partial charge in [0.25, 0.3) is 0 Å². The molecule has 0 saturated carbocycles. The Morgan fingerprint density at radius 2 is 1.71 bits per heavy atom. The molecule has 5 heteroatoms. The SMILES string of the molecule is CC(=O)N1CCN(C(=O)C2C=CC(N)C2)CC1. The van der Waals surface area contributed by atoms with Gasteiger partial charge in [0.2, 0.25) is 11.8 Å². The third-order valence-corrected chi connectivity index (χ3v) is 3.47. The maximum atomic E-state index is 12.1. The molecule has 2 unspecified atom stereocenters. The van der Waals surface area contributed by atoms with Crippen LogP contribution in [0.4, 0.5) is 0 Å². The highest BCUT2D eigenvalue weighted by molar-refractivity contribution is 5.81. The van der Waals surface area contributed by atoms with E-state index in [0.29, 0.717) is 32.6 Å². The minimum atomic E-state index is -0.0612. The van der Waals surface area contributed by atoms with Crippen molar-refractivity contribution in [2.45, 2.75) is 19.4 Å². The van der Waals surface area contributed by atoms with Crippen LogP contribution in [-0.4, -0.2) is 53.8 Å². The summed E-state index contributed by atoms with van der Waals surface area (Å²) >= 11 is 0. The van der Waals surface area contributed by atoms with Crippen molar-refractivity contribution < 1.29 is 9.59 Å². The van der Waals surface area contributed by atoms with E-state index in [1.54, 1.807) is 11.8 Å². The molecule has 5 nitrogen and oxygen atoms in total. The van der Waals surface area contributed by atoms with E-state index in [9.17, 15) is 9.59 Å². The van der Waals surface area contributed by atoms with Gasteiger partial charge in [0, 0.05) is 39.1 Å². The summed E-state index contributed by atoms with van der Waals surface area (Å²) in [5.74, 6) is 0.172. The largest absolute Gasteiger partial charge is 0.339 e. The Labute approximate surface area is 101 Å². The van der Waals surface area contributed by atoms with E-state index in [4.69, 9.17) is 5.73 Å². The fourth-order valence-corrected chi connectivity index (χ4v) is 2.39. The molecule has 2 amide bonds. The molecule has 0 aromatic rings. The third-order valence-electron chi connectivity index (χ3n) is 3.47. The van der Waals surface area contributed by atoms with Crippen LogP contribution in [0.5, 0.6) is 0 Å². The Morgan fingerprint density at radius 3 is 2.18 bits per heavy atom. The first-order valence-electron chi connectivity index (χ1n) is 6.06. The van der Waals surface area contributed by atoms with Gasteiger partial charge in [0.1, 0.15) is 0 Å². The molecule has 1 saturated heterocycles. The normalized spacial score (nSPS) is 28.6. The second kappa shape index (κ2) is 4.87. The maximum absolute atomic E-state index is 12.1. The van der Waals surface area contributed by atoms with Crippen LogP contribution in [0, 0.1) is 5.92 Å². The highest BCUT2D eigenvalue weighted by Gasteiger charge is 2.29. The second-order valence-corrected chi connectivity index (χ2v) is 4.72. The van der Waals surface area contributed by atoms with E-state index >= 15 is 0 Å². The molecule has 94 valence electrons. The predicted molar refractivity (Wildman–Crippen MR) is 64.1 cm³/mol. The first-order valence-corrected chi connectivity index (χ1v) is 6.06. The lowest BCUT2D eigenvalue weighted by Crippen LogP contribution is -2.51. The Morgan fingerprint density at radius 1 is 1.12 bits per heavy atom. The summed E-state index contributed by atoms with van der Waals surface area (Å²) in [7, 11) is 0. The lowest BCUT2D eigenvalue weighted by Gasteiger charge is -2.35. The van der Waals surface area contributed by atoms with Gasteiger partial charge in [-0.15, -0.1) is 0 Å². The highest BCUT2D eigenvalue weighted by atomic mass is 16.2. The number of rotatable bonds is 1. The van der Waals surface area contributed by atoms with Crippen molar-refractivity contribution in [3.05, 3.63) is 12.2 Å². The van der Waals surface area contributed by atoms with Crippen molar-refractivity contribution >= 4 is 11.8 Å². The maximum Gasteiger partial charge on any atom is 0.229 e. The molecule has 1 heterocycles. The summed E-state index contributed by atoms with van der Waals surface area (Å²) in [6.07, 6.45) is 4.52. The van der Waals surface area contributed by atoms with E-state index in [1.807, 2.05) is 17.1 Å². The number of carbonyl (C=O) groups is 2. The minimum Gasteiger partial charge on any atom is -0.339 e. The number of nitrogens with two attached hydrogens (primary N) is 1. The predicted octanol–water partition coefficient (Wildman–Crippen LogP) is -0.419. The van der Waals surface area contributed by atoms with Gasteiger partial charge in [-0.05, 0) is 6.42 Å². The minimum absolute atomic E-state index is 0.0162. The highest BCUT2D eigenvalue weighted by Crippen LogP contribution is 2.19. The second-order valence-electron chi connectivity index (χ2n) is 4.72. The molecule has 2 aliphatic rings. The van der Waals surface area contributed by atoms with E-state index in [1.165, 1.54) is 0 Å². The van der Waals surface area contributed by atoms with Crippen LogP contribution >= 0.6 is 0 Å². The molecule has 17 heavy (non-hydrogen) atoms. The van der Waals surface area contributed by atoms with Gasteiger partial charge in [0.15, 0.2) is 0 Å². The van der Waals surface area contributed by atoms with E-state index in [-0.39, 0.29) is 23.8 Å². The molecule has 1 fully saturated rings. The summed E-state index contributed by atoms with van der Waals surface area (Å²) in [5.41, 5.74) is 5.74. The molecule has 0 radical (unpaired) electrons. The first-order chi connectivity index (χ1) is 8.08. The zero-order chi connectivity index (χ0) is 12.4. The van der Waals surface area contributed by atoms with Gasteiger partial charge < -0.3 is 15.5 Å². The van der Waals surface area contributed by atoms with Gasteiger partial charge >= 0.3 is 0 Å². The zero-order valence-corrected chi connectivity index (χ0v) is 10.1. The van der Waals surface area contributed by atoms with Crippen molar-refractivity contribution in [3.63, 3.8) is 0 Å². The lowest BCUT2D eigenvalue weighted by molar-refractivity contribution is -0.140. The molecule has 2 N–H and O–H groups in total. The van der Waals surface area contributed by atoms with Crippen molar-refractivity contribution in [2.75, 3.05) is 26.2 Å². The van der Waals surface area contributed by atoms with Crippen molar-refractivity contribution in [2.24, 2.45) is 11.7 Å². The van der Waals surface area contributed by atoms with Crippen LogP contribution in [0.15, 0.2) is 12.2 Å². The molecule has 2 rings (SSSR count). The summed E-state index contributed by atoms with van der Waals surface area (Å²) in [6, 6.07) is 0.0162. The molecule has 2 atom stereocenters. The van der Waals surface area contributed by atoms with Gasteiger partial charge in [-0.3, -0.25) is 9.59 Å². The summed E-state index contributed by atoms with van der Waals surface area (Å²) in [4.78, 5) is 26.9. The fourth-order valence-electron chi connectivity index (χ4n) is 2.39. The van der Waals surface area contributed by atoms with Crippen LogP contribution < -0.4 is 5.73 Å². The van der Waals surface area contributed by atoms with E-state index in [2.05, 4.69) is 0 Å². The van der Waals surface area contributed by atoms with Crippen LogP contribution in [-0.2, 0) is 9.59 Å². The standard InChI is InChI=1S/C12H19N3O2/c1-9(16)14-4-6-15(7-5-14)12(17)10-2-3-11(13)8-10/h2-3,10-11H,4-8,13H2,1H3. The van der Waals surface area contributed by atoms with Crippen LogP contribution in [0.1, 0.15) is 13.3 Å². The van der Waals surface area contributed by atoms with Crippen molar-refractivity contribution in [3.8, 4) is 0 Å². The molecule has 0 aromatic carbocycles. The summed E-state index contributed by atoms with van der Waals surface area (Å²) in [5, 5.41) is 0. The summed E-state index contributed by atoms with van der Waals surface area (Å²) in [6.45, 7) is 4.12. The third kappa shape index (κ3) is 2.66. The van der Waals surface area contributed by atoms with Gasteiger partial charge in [0.05, 0.1) is 5.92 Å².